The molecular formula is C25H26O7. The third-order valence-electron chi connectivity index (χ3n) is 5.76. The summed E-state index contributed by atoms with van der Waals surface area (Å²) in [5.41, 5.74) is 2.50. The van der Waals surface area contributed by atoms with Gasteiger partial charge in [0.1, 0.15) is 29.5 Å². The number of carbonyl (C=O) groups excluding carboxylic acids is 1. The van der Waals surface area contributed by atoms with Crippen molar-refractivity contribution in [2.24, 2.45) is 0 Å². The van der Waals surface area contributed by atoms with Crippen LogP contribution in [0.1, 0.15) is 52.0 Å². The Morgan fingerprint density at radius 3 is 2.50 bits per heavy atom. The second-order valence-electron chi connectivity index (χ2n) is 8.20. The molecule has 0 atom stereocenters. The Bertz CT molecular complexity index is 1140. The van der Waals surface area contributed by atoms with Gasteiger partial charge >= 0.3 is 0 Å². The van der Waals surface area contributed by atoms with Crippen LogP contribution in [-0.2, 0) is 19.8 Å². The smallest absolute Gasteiger partial charge is 0.197 e. The predicted molar refractivity (Wildman–Crippen MR) is 119 cm³/mol. The lowest BCUT2D eigenvalue weighted by molar-refractivity contribution is 0.105. The van der Waals surface area contributed by atoms with E-state index in [0.29, 0.717) is 56.2 Å². The Hall–Kier alpha value is -3.13. The van der Waals surface area contributed by atoms with Gasteiger partial charge in [0.25, 0.3) is 0 Å². The number of allylic oxidation sites excluding steroid dienone is 1. The number of fused-ring (bicyclic) bond motifs is 2. The molecule has 2 heterocycles. The van der Waals surface area contributed by atoms with Gasteiger partial charge in [-0.15, -0.1) is 0 Å². The van der Waals surface area contributed by atoms with Crippen LogP contribution in [0.5, 0.6) is 17.2 Å². The van der Waals surface area contributed by atoms with E-state index in [1.807, 2.05) is 26.0 Å². The summed E-state index contributed by atoms with van der Waals surface area (Å²) in [6.45, 7) is 2.91. The first-order valence-electron chi connectivity index (χ1n) is 10.3. The standard InChI is InChI=1S/C25H26O7/c1-25(2)8-6-15-20(32-25)5-4-17(24(15)30-3)23(29)16-7-9-31-21-10-14(11-26)18(12-27)19(13-28)22(16)21/h4-8,10,26-28H,9,11-13H2,1-3H3. The van der Waals surface area contributed by atoms with E-state index in [1.165, 1.54) is 7.11 Å². The van der Waals surface area contributed by atoms with Gasteiger partial charge in [-0.1, -0.05) is 0 Å². The minimum Gasteiger partial charge on any atom is -0.495 e. The molecule has 0 unspecified atom stereocenters. The maximum Gasteiger partial charge on any atom is 0.197 e. The van der Waals surface area contributed by atoms with Gasteiger partial charge in [-0.3, -0.25) is 4.79 Å². The van der Waals surface area contributed by atoms with E-state index < -0.39 is 12.2 Å². The Morgan fingerprint density at radius 2 is 1.84 bits per heavy atom. The van der Waals surface area contributed by atoms with Crippen molar-refractivity contribution in [1.82, 2.24) is 0 Å². The van der Waals surface area contributed by atoms with Crippen LogP contribution in [0, 0.1) is 0 Å². The lowest BCUT2D eigenvalue weighted by atomic mass is 9.86. The van der Waals surface area contributed by atoms with Gasteiger partial charge in [0.15, 0.2) is 5.78 Å². The van der Waals surface area contributed by atoms with Crippen LogP contribution < -0.4 is 14.2 Å². The highest BCUT2D eigenvalue weighted by Gasteiger charge is 2.31. The number of hydrogen-bond acceptors (Lipinski definition) is 7. The fraction of sp³-hybridized carbons (Fsp3) is 0.320. The molecule has 0 aromatic heterocycles. The highest BCUT2D eigenvalue weighted by molar-refractivity contribution is 6.31. The molecule has 0 saturated heterocycles. The first-order chi connectivity index (χ1) is 15.3. The quantitative estimate of drug-likeness (QED) is 0.596. The molecule has 168 valence electrons. The van der Waals surface area contributed by atoms with E-state index in [4.69, 9.17) is 14.2 Å². The average Bonchev–Trinajstić information content (AvgIpc) is 2.80. The number of ketones is 1. The number of hydrogen-bond donors (Lipinski definition) is 3. The van der Waals surface area contributed by atoms with Gasteiger partial charge in [0.2, 0.25) is 0 Å². The van der Waals surface area contributed by atoms with Crippen LogP contribution in [0.15, 0.2) is 30.4 Å². The summed E-state index contributed by atoms with van der Waals surface area (Å²) in [5.74, 6) is 1.09. The fourth-order valence-electron chi connectivity index (χ4n) is 4.23. The third kappa shape index (κ3) is 3.58. The first kappa shape index (κ1) is 22.1. The molecule has 0 fully saturated rings. The zero-order valence-corrected chi connectivity index (χ0v) is 18.3. The number of ether oxygens (including phenoxy) is 3. The number of methoxy groups -OCH3 is 1. The van der Waals surface area contributed by atoms with Crippen molar-refractivity contribution < 1.29 is 34.3 Å². The Morgan fingerprint density at radius 1 is 1.09 bits per heavy atom. The predicted octanol–water partition coefficient (Wildman–Crippen LogP) is 3.02. The molecule has 7 nitrogen and oxygen atoms in total. The largest absolute Gasteiger partial charge is 0.495 e. The Kier molecular flexibility index (Phi) is 5.81. The van der Waals surface area contributed by atoms with Gasteiger partial charge in [-0.05, 0) is 67.0 Å². The molecule has 0 spiro atoms. The number of Topliss-reactive ketones (excluding diaryl/α,β-unsaturated/α-hetero) is 1. The minimum absolute atomic E-state index is 0.159. The van der Waals surface area contributed by atoms with Gasteiger partial charge in [0, 0.05) is 11.1 Å². The number of aliphatic hydroxyl groups is 3. The molecular weight excluding hydrogens is 412 g/mol. The molecule has 2 aromatic rings. The van der Waals surface area contributed by atoms with E-state index in [-0.39, 0.29) is 25.6 Å². The molecule has 2 aliphatic rings. The maximum absolute atomic E-state index is 13.7. The topological polar surface area (TPSA) is 105 Å². The second-order valence-corrected chi connectivity index (χ2v) is 8.20. The lowest BCUT2D eigenvalue weighted by Gasteiger charge is -2.29. The van der Waals surface area contributed by atoms with Gasteiger partial charge in [0.05, 0.1) is 38.1 Å². The van der Waals surface area contributed by atoms with E-state index in [2.05, 4.69) is 0 Å². The van der Waals surface area contributed by atoms with E-state index in [1.54, 1.807) is 24.3 Å². The molecule has 0 saturated carbocycles. The van der Waals surface area contributed by atoms with Gasteiger partial charge < -0.3 is 29.5 Å². The summed E-state index contributed by atoms with van der Waals surface area (Å²) in [5, 5.41) is 29.6. The molecule has 0 radical (unpaired) electrons. The molecule has 0 bridgehead atoms. The molecule has 2 aromatic carbocycles. The zero-order chi connectivity index (χ0) is 23.0. The minimum atomic E-state index is -0.465. The molecule has 32 heavy (non-hydrogen) atoms. The average molecular weight is 438 g/mol. The van der Waals surface area contributed by atoms with Crippen LogP contribution in [0.3, 0.4) is 0 Å². The van der Waals surface area contributed by atoms with Crippen molar-refractivity contribution in [3.05, 3.63) is 63.7 Å². The number of rotatable bonds is 6. The zero-order valence-electron chi connectivity index (χ0n) is 18.3. The van der Waals surface area contributed by atoms with Crippen molar-refractivity contribution in [1.29, 1.82) is 0 Å². The second kappa shape index (κ2) is 8.43. The molecule has 0 amide bonds. The Balaban J connectivity index is 1.86. The van der Waals surface area contributed by atoms with Gasteiger partial charge in [-0.2, -0.15) is 0 Å². The van der Waals surface area contributed by atoms with Crippen LogP contribution >= 0.6 is 0 Å². The summed E-state index contributed by atoms with van der Waals surface area (Å²) >= 11 is 0. The molecule has 2 aliphatic heterocycles. The molecule has 7 heteroatoms. The summed E-state index contributed by atoms with van der Waals surface area (Å²) < 4.78 is 17.3. The number of benzene rings is 2. The monoisotopic (exact) mass is 438 g/mol. The van der Waals surface area contributed by atoms with Crippen LogP contribution in [0.2, 0.25) is 0 Å². The lowest BCUT2D eigenvalue weighted by Crippen LogP contribution is -2.27. The molecule has 3 N–H and O–H groups in total. The van der Waals surface area contributed by atoms with E-state index in [9.17, 15) is 20.1 Å². The first-order valence-corrected chi connectivity index (χ1v) is 10.3. The van der Waals surface area contributed by atoms with Crippen molar-refractivity contribution in [3.63, 3.8) is 0 Å². The highest BCUT2D eigenvalue weighted by atomic mass is 16.5. The fourth-order valence-corrected chi connectivity index (χ4v) is 4.23. The number of aliphatic hydroxyl groups excluding tert-OH is 3. The highest BCUT2D eigenvalue weighted by Crippen LogP contribution is 2.43. The van der Waals surface area contributed by atoms with Crippen LogP contribution in [0.4, 0.5) is 0 Å². The number of carbonyl (C=O) groups is 1. The normalized spacial score (nSPS) is 15.8. The van der Waals surface area contributed by atoms with Crippen LogP contribution in [-0.4, -0.2) is 40.4 Å². The Labute approximate surface area is 186 Å². The summed E-state index contributed by atoms with van der Waals surface area (Å²) in [7, 11) is 1.50. The third-order valence-corrected chi connectivity index (χ3v) is 5.76. The maximum atomic E-state index is 13.7. The molecule has 0 aliphatic carbocycles. The van der Waals surface area contributed by atoms with Crippen molar-refractivity contribution in [3.8, 4) is 17.2 Å². The summed E-state index contributed by atoms with van der Waals surface area (Å²) in [6.07, 6.45) is 5.44. The SMILES string of the molecule is COc1c(C(=O)C2=CCOc3cc(CO)c(CO)c(CO)c32)ccc2c1C=CC(C)(C)O2. The van der Waals surface area contributed by atoms with Crippen molar-refractivity contribution >= 4 is 17.4 Å². The summed E-state index contributed by atoms with van der Waals surface area (Å²) in [4.78, 5) is 13.7. The van der Waals surface area contributed by atoms with Crippen LogP contribution in [0.25, 0.3) is 11.6 Å². The molecule has 4 rings (SSSR count). The van der Waals surface area contributed by atoms with E-state index in [0.717, 1.165) is 0 Å². The van der Waals surface area contributed by atoms with Crippen molar-refractivity contribution in [2.45, 2.75) is 39.3 Å². The summed E-state index contributed by atoms with van der Waals surface area (Å²) in [6, 6.07) is 5.01. The van der Waals surface area contributed by atoms with E-state index >= 15 is 0 Å². The van der Waals surface area contributed by atoms with Crippen molar-refractivity contribution in [2.75, 3.05) is 13.7 Å². The van der Waals surface area contributed by atoms with Gasteiger partial charge in [-0.25, -0.2) is 0 Å².